The minimum Gasteiger partial charge on any atom is -0.351 e. The molecule has 4 aromatic rings. The van der Waals surface area contributed by atoms with Crippen LogP contribution in [0.3, 0.4) is 0 Å². The number of benzene rings is 2. The van der Waals surface area contributed by atoms with E-state index in [4.69, 9.17) is 4.98 Å². The molecule has 0 bridgehead atoms. The van der Waals surface area contributed by atoms with Crippen LogP contribution >= 0.6 is 11.3 Å². The number of likely N-dealkylation sites (tertiary alicyclic amines) is 1. The van der Waals surface area contributed by atoms with E-state index in [0.717, 1.165) is 67.7 Å². The number of rotatable bonds is 9. The van der Waals surface area contributed by atoms with Crippen molar-refractivity contribution in [1.82, 2.24) is 30.7 Å². The van der Waals surface area contributed by atoms with Gasteiger partial charge in [0.2, 0.25) is 5.82 Å². The summed E-state index contributed by atoms with van der Waals surface area (Å²) in [7, 11) is 0. The second kappa shape index (κ2) is 13.2. The lowest BCUT2D eigenvalue weighted by atomic mass is 9.78. The Morgan fingerprint density at radius 1 is 1.05 bits per heavy atom. The van der Waals surface area contributed by atoms with Gasteiger partial charge in [-0.1, -0.05) is 47.6 Å². The third-order valence-corrected chi connectivity index (χ3v) is 9.88. The highest BCUT2D eigenvalue weighted by Crippen LogP contribution is 2.39. The molecule has 6 rings (SSSR count). The summed E-state index contributed by atoms with van der Waals surface area (Å²) in [5.41, 5.74) is 2.22. The van der Waals surface area contributed by atoms with Gasteiger partial charge in [-0.25, -0.2) is 4.98 Å². The molecular weight excluding hydrogens is 589 g/mol. The molecule has 4 heterocycles. The highest BCUT2D eigenvalue weighted by atomic mass is 32.1. The Balaban J connectivity index is 1.17. The molecule has 44 heavy (non-hydrogen) atoms. The Bertz CT molecular complexity index is 1540. The maximum Gasteiger partial charge on any atom is 0.471 e. The molecule has 0 radical (unpaired) electrons. The number of piperidine rings is 2. The van der Waals surface area contributed by atoms with Gasteiger partial charge in [-0.2, -0.15) is 18.2 Å². The van der Waals surface area contributed by atoms with Crippen molar-refractivity contribution in [2.75, 3.05) is 39.3 Å². The summed E-state index contributed by atoms with van der Waals surface area (Å²) in [6.45, 7) is 5.55. The molecule has 2 fully saturated rings. The number of halogens is 3. The molecule has 0 aliphatic carbocycles. The SMILES string of the molecule is O=C(NCC1(c2nc(-c3ccccc3)cs2)CCN(CCC2CCNCC2)CC1)c1cccc(-c2noc(C(F)(F)F)n2)c1. The predicted octanol–water partition coefficient (Wildman–Crippen LogP) is 6.03. The zero-order valence-electron chi connectivity index (χ0n) is 24.3. The van der Waals surface area contributed by atoms with Crippen LogP contribution in [0.4, 0.5) is 13.2 Å². The van der Waals surface area contributed by atoms with E-state index in [1.807, 2.05) is 30.3 Å². The number of alkyl halides is 3. The molecule has 8 nitrogen and oxygen atoms in total. The molecule has 2 aromatic carbocycles. The van der Waals surface area contributed by atoms with Crippen molar-refractivity contribution in [3.05, 3.63) is 76.4 Å². The zero-order chi connectivity index (χ0) is 30.6. The van der Waals surface area contributed by atoms with E-state index in [1.165, 1.54) is 25.3 Å². The largest absolute Gasteiger partial charge is 0.471 e. The third kappa shape index (κ3) is 7.03. The molecular formula is C32H35F3N6O2S. The molecule has 2 aliphatic heterocycles. The first-order chi connectivity index (χ1) is 21.3. The molecule has 0 atom stereocenters. The molecule has 0 unspecified atom stereocenters. The van der Waals surface area contributed by atoms with E-state index in [0.29, 0.717) is 12.1 Å². The van der Waals surface area contributed by atoms with Gasteiger partial charge in [0.15, 0.2) is 0 Å². The Morgan fingerprint density at radius 3 is 2.52 bits per heavy atom. The second-order valence-corrected chi connectivity index (χ2v) is 12.6. The van der Waals surface area contributed by atoms with Crippen molar-refractivity contribution in [3.63, 3.8) is 0 Å². The van der Waals surface area contributed by atoms with Crippen molar-refractivity contribution < 1.29 is 22.5 Å². The number of nitrogens with zero attached hydrogens (tertiary/aromatic N) is 4. The van der Waals surface area contributed by atoms with Crippen LogP contribution in [-0.2, 0) is 11.6 Å². The first-order valence-corrected chi connectivity index (χ1v) is 15.9. The Hall–Kier alpha value is -3.61. The lowest BCUT2D eigenvalue weighted by Gasteiger charge is -2.41. The maximum absolute atomic E-state index is 13.4. The van der Waals surface area contributed by atoms with Crippen LogP contribution in [0.15, 0.2) is 64.5 Å². The van der Waals surface area contributed by atoms with E-state index in [1.54, 1.807) is 29.5 Å². The van der Waals surface area contributed by atoms with Crippen LogP contribution in [0.1, 0.15) is 53.4 Å². The number of hydrogen-bond donors (Lipinski definition) is 2. The number of hydrogen-bond acceptors (Lipinski definition) is 8. The first kappa shape index (κ1) is 30.4. The summed E-state index contributed by atoms with van der Waals surface area (Å²) < 4.78 is 43.2. The molecule has 232 valence electrons. The molecule has 0 spiro atoms. The monoisotopic (exact) mass is 624 g/mol. The maximum atomic E-state index is 13.4. The number of nitrogens with one attached hydrogen (secondary N) is 2. The van der Waals surface area contributed by atoms with Crippen LogP contribution in [0.25, 0.3) is 22.6 Å². The first-order valence-electron chi connectivity index (χ1n) is 15.0. The fourth-order valence-electron chi connectivity index (χ4n) is 6.07. The quantitative estimate of drug-likeness (QED) is 0.235. The summed E-state index contributed by atoms with van der Waals surface area (Å²) in [4.78, 5) is 24.5. The van der Waals surface area contributed by atoms with Crippen molar-refractivity contribution in [1.29, 1.82) is 0 Å². The molecule has 0 saturated carbocycles. The molecule has 1 amide bonds. The minimum absolute atomic E-state index is 0.225. The topological polar surface area (TPSA) is 96.2 Å². The highest BCUT2D eigenvalue weighted by molar-refractivity contribution is 7.10. The van der Waals surface area contributed by atoms with E-state index in [2.05, 4.69) is 35.6 Å². The van der Waals surface area contributed by atoms with Gasteiger partial charge in [0.25, 0.3) is 5.91 Å². The number of carbonyl (C=O) groups is 1. The van der Waals surface area contributed by atoms with E-state index in [-0.39, 0.29) is 22.7 Å². The fourth-order valence-corrected chi connectivity index (χ4v) is 7.16. The Morgan fingerprint density at radius 2 is 1.80 bits per heavy atom. The van der Waals surface area contributed by atoms with Crippen molar-refractivity contribution in [2.45, 2.75) is 43.7 Å². The summed E-state index contributed by atoms with van der Waals surface area (Å²) in [6, 6.07) is 16.3. The van der Waals surface area contributed by atoms with Gasteiger partial charge < -0.3 is 20.1 Å². The standard InChI is InChI=1S/C32H35F3N6O2S/c33-32(34,35)29-39-27(40-43-29)24-7-4-8-25(19-24)28(42)37-21-31(30-38-26(20-44-30)23-5-2-1-3-6-23)12-17-41(18-13-31)16-11-22-9-14-36-15-10-22/h1-8,19-20,22,36H,9-18,21H2,(H,37,42). The zero-order valence-corrected chi connectivity index (χ0v) is 25.1. The number of aromatic nitrogens is 3. The van der Waals surface area contributed by atoms with E-state index >= 15 is 0 Å². The summed E-state index contributed by atoms with van der Waals surface area (Å²) in [5.74, 6) is -1.20. The van der Waals surface area contributed by atoms with Crippen molar-refractivity contribution in [3.8, 4) is 22.6 Å². The smallest absolute Gasteiger partial charge is 0.351 e. The second-order valence-electron chi connectivity index (χ2n) is 11.7. The molecule has 12 heteroatoms. The number of thiazole rings is 1. The van der Waals surface area contributed by atoms with Crippen LogP contribution < -0.4 is 10.6 Å². The Kier molecular flexibility index (Phi) is 9.11. The van der Waals surface area contributed by atoms with Gasteiger partial charge in [-0.3, -0.25) is 4.79 Å². The van der Waals surface area contributed by atoms with E-state index in [9.17, 15) is 18.0 Å². The van der Waals surface area contributed by atoms with Crippen LogP contribution in [0.5, 0.6) is 0 Å². The number of amides is 1. The van der Waals surface area contributed by atoms with Crippen LogP contribution in [-0.4, -0.2) is 65.2 Å². The van der Waals surface area contributed by atoms with E-state index < -0.39 is 12.1 Å². The predicted molar refractivity (Wildman–Crippen MR) is 162 cm³/mol. The molecule has 2 N–H and O–H groups in total. The van der Waals surface area contributed by atoms with Gasteiger partial charge in [0.05, 0.1) is 5.69 Å². The molecule has 2 saturated heterocycles. The minimum atomic E-state index is -4.74. The van der Waals surface area contributed by atoms with Crippen LogP contribution in [0, 0.1) is 5.92 Å². The lowest BCUT2D eigenvalue weighted by molar-refractivity contribution is -0.159. The van der Waals surface area contributed by atoms with Gasteiger partial charge in [-0.15, -0.1) is 11.3 Å². The van der Waals surface area contributed by atoms with Crippen molar-refractivity contribution >= 4 is 17.2 Å². The molecule has 2 aromatic heterocycles. The van der Waals surface area contributed by atoms with Crippen molar-refractivity contribution in [2.24, 2.45) is 5.92 Å². The normalized spacial score (nSPS) is 17.9. The van der Waals surface area contributed by atoms with Gasteiger partial charge in [0.1, 0.15) is 5.01 Å². The lowest BCUT2D eigenvalue weighted by Crippen LogP contribution is -2.49. The van der Waals surface area contributed by atoms with Gasteiger partial charge in [0, 0.05) is 34.0 Å². The highest BCUT2D eigenvalue weighted by Gasteiger charge is 2.40. The fraction of sp³-hybridized carbons (Fsp3) is 0.438. The average molecular weight is 625 g/mol. The summed E-state index contributed by atoms with van der Waals surface area (Å²) in [6.07, 6.45) is 0.676. The molecule has 2 aliphatic rings. The van der Waals surface area contributed by atoms with Gasteiger partial charge >= 0.3 is 12.1 Å². The third-order valence-electron chi connectivity index (χ3n) is 8.79. The van der Waals surface area contributed by atoms with Crippen LogP contribution in [0.2, 0.25) is 0 Å². The Labute approximate surface area is 258 Å². The summed E-state index contributed by atoms with van der Waals surface area (Å²) in [5, 5.41) is 13.1. The summed E-state index contributed by atoms with van der Waals surface area (Å²) >= 11 is 1.63. The van der Waals surface area contributed by atoms with Gasteiger partial charge in [-0.05, 0) is 82.9 Å². The number of carbonyl (C=O) groups excluding carboxylic acids is 1. The average Bonchev–Trinajstić information content (AvgIpc) is 3.76.